The zero-order chi connectivity index (χ0) is 11.9. The van der Waals surface area contributed by atoms with E-state index in [1.165, 1.54) is 24.8 Å². The van der Waals surface area contributed by atoms with E-state index in [4.69, 9.17) is 4.74 Å². The molecule has 0 amide bonds. The summed E-state index contributed by atoms with van der Waals surface area (Å²) in [4.78, 5) is 11.4. The molecule has 1 heterocycles. The lowest BCUT2D eigenvalue weighted by molar-refractivity contribution is 0.0529. The van der Waals surface area contributed by atoms with Crippen molar-refractivity contribution in [3.8, 4) is 5.75 Å². The summed E-state index contributed by atoms with van der Waals surface area (Å²) in [5.74, 6) is 1.13. The molecule has 2 nitrogen and oxygen atoms in total. The molecule has 3 rings (SSSR count). The molecule has 0 atom stereocenters. The second-order valence-corrected chi connectivity index (χ2v) is 5.40. The van der Waals surface area contributed by atoms with Gasteiger partial charge in [0.2, 0.25) is 0 Å². The van der Waals surface area contributed by atoms with Crippen LogP contribution >= 0.6 is 0 Å². The average Bonchev–Trinajstić information content (AvgIpc) is 2.66. The Morgan fingerprint density at radius 1 is 1.24 bits per heavy atom. The first-order valence-electron chi connectivity index (χ1n) is 6.51. The van der Waals surface area contributed by atoms with E-state index >= 15 is 0 Å². The van der Waals surface area contributed by atoms with Crippen LogP contribution in [-0.4, -0.2) is 11.4 Å². The molecule has 0 saturated heterocycles. The van der Waals surface area contributed by atoms with Gasteiger partial charge >= 0.3 is 0 Å². The molecule has 0 radical (unpaired) electrons. The smallest absolute Gasteiger partial charge is 0.159 e. The highest BCUT2D eigenvalue weighted by atomic mass is 16.5. The lowest BCUT2D eigenvalue weighted by Gasteiger charge is -2.32. The van der Waals surface area contributed by atoms with Gasteiger partial charge in [0.1, 0.15) is 11.4 Å². The molecule has 1 aliphatic carbocycles. The molecule has 0 bridgehead atoms. The van der Waals surface area contributed by atoms with Crippen LogP contribution in [0.5, 0.6) is 5.75 Å². The van der Waals surface area contributed by atoms with Crippen LogP contribution in [0.2, 0.25) is 0 Å². The van der Waals surface area contributed by atoms with E-state index in [9.17, 15) is 4.79 Å². The van der Waals surface area contributed by atoms with E-state index in [1.807, 2.05) is 18.2 Å². The SMILES string of the molecule is CC(=O)c1ccc2c(c1)CC1(CCCCC1)O2. The fourth-order valence-electron chi connectivity index (χ4n) is 3.13. The molecule has 2 aliphatic rings. The minimum absolute atomic E-state index is 0.0516. The highest BCUT2D eigenvalue weighted by molar-refractivity contribution is 5.94. The third-order valence-electron chi connectivity index (χ3n) is 4.07. The number of hydrogen-bond acceptors (Lipinski definition) is 2. The van der Waals surface area contributed by atoms with Crippen molar-refractivity contribution in [2.75, 3.05) is 0 Å². The molecule has 1 aromatic carbocycles. The van der Waals surface area contributed by atoms with Crippen LogP contribution in [0.4, 0.5) is 0 Å². The van der Waals surface area contributed by atoms with Crippen LogP contribution in [0.25, 0.3) is 0 Å². The summed E-state index contributed by atoms with van der Waals surface area (Å²) in [7, 11) is 0. The second-order valence-electron chi connectivity index (χ2n) is 5.40. The van der Waals surface area contributed by atoms with Crippen molar-refractivity contribution >= 4 is 5.78 Å². The minimum Gasteiger partial charge on any atom is -0.487 e. The van der Waals surface area contributed by atoms with Crippen LogP contribution in [0.15, 0.2) is 18.2 Å². The lowest BCUT2D eigenvalue weighted by Crippen LogP contribution is -2.36. The molecule has 0 N–H and O–H groups in total. The molecule has 0 unspecified atom stereocenters. The highest BCUT2D eigenvalue weighted by Crippen LogP contribution is 2.43. The van der Waals surface area contributed by atoms with Gasteiger partial charge in [0, 0.05) is 12.0 Å². The summed E-state index contributed by atoms with van der Waals surface area (Å²) < 4.78 is 6.16. The van der Waals surface area contributed by atoms with Gasteiger partial charge in [-0.1, -0.05) is 6.42 Å². The van der Waals surface area contributed by atoms with Crippen molar-refractivity contribution in [1.29, 1.82) is 0 Å². The second kappa shape index (κ2) is 3.86. The predicted octanol–water partition coefficient (Wildman–Crippen LogP) is 3.53. The summed E-state index contributed by atoms with van der Waals surface area (Å²) in [5.41, 5.74) is 2.08. The first-order chi connectivity index (χ1) is 8.19. The number of rotatable bonds is 1. The highest BCUT2D eigenvalue weighted by Gasteiger charge is 2.40. The Morgan fingerprint density at radius 2 is 2.00 bits per heavy atom. The zero-order valence-electron chi connectivity index (χ0n) is 10.3. The molecular formula is C15H18O2. The summed E-state index contributed by atoms with van der Waals surface area (Å²) in [6.45, 7) is 1.62. The molecule has 2 heteroatoms. The number of Topliss-reactive ketones (excluding diaryl/α,β-unsaturated/α-hetero) is 1. The fraction of sp³-hybridized carbons (Fsp3) is 0.533. The molecule has 90 valence electrons. The van der Waals surface area contributed by atoms with Gasteiger partial charge in [-0.25, -0.2) is 0 Å². The van der Waals surface area contributed by atoms with E-state index in [0.717, 1.165) is 30.6 Å². The molecule has 1 spiro atoms. The van der Waals surface area contributed by atoms with Crippen molar-refractivity contribution in [2.45, 2.75) is 51.0 Å². The topological polar surface area (TPSA) is 26.3 Å². The van der Waals surface area contributed by atoms with Gasteiger partial charge < -0.3 is 4.74 Å². The Labute approximate surface area is 102 Å². The molecule has 1 aliphatic heterocycles. The van der Waals surface area contributed by atoms with E-state index in [2.05, 4.69) is 0 Å². The largest absolute Gasteiger partial charge is 0.487 e. The van der Waals surface area contributed by atoms with Crippen LogP contribution in [0.1, 0.15) is 54.9 Å². The Kier molecular flexibility index (Phi) is 2.46. The van der Waals surface area contributed by atoms with Gasteiger partial charge in [-0.2, -0.15) is 0 Å². The van der Waals surface area contributed by atoms with E-state index < -0.39 is 0 Å². The van der Waals surface area contributed by atoms with Gasteiger partial charge in [0.25, 0.3) is 0 Å². The number of benzene rings is 1. The maximum atomic E-state index is 11.4. The maximum absolute atomic E-state index is 11.4. The Morgan fingerprint density at radius 3 is 2.71 bits per heavy atom. The van der Waals surface area contributed by atoms with Gasteiger partial charge in [0.15, 0.2) is 5.78 Å². The average molecular weight is 230 g/mol. The van der Waals surface area contributed by atoms with E-state index in [-0.39, 0.29) is 11.4 Å². The van der Waals surface area contributed by atoms with Gasteiger partial charge in [-0.15, -0.1) is 0 Å². The Hall–Kier alpha value is -1.31. The Balaban J connectivity index is 1.89. The zero-order valence-corrected chi connectivity index (χ0v) is 10.3. The molecule has 0 aromatic heterocycles. The van der Waals surface area contributed by atoms with Crippen LogP contribution < -0.4 is 4.74 Å². The summed E-state index contributed by atoms with van der Waals surface area (Å²) in [6.07, 6.45) is 7.19. The summed E-state index contributed by atoms with van der Waals surface area (Å²) in [5, 5.41) is 0. The number of ether oxygens (including phenoxy) is 1. The van der Waals surface area contributed by atoms with Crippen molar-refractivity contribution in [2.24, 2.45) is 0 Å². The first-order valence-corrected chi connectivity index (χ1v) is 6.51. The third kappa shape index (κ3) is 1.86. The number of carbonyl (C=O) groups excluding carboxylic acids is 1. The van der Waals surface area contributed by atoms with E-state index in [1.54, 1.807) is 6.92 Å². The summed E-state index contributed by atoms with van der Waals surface area (Å²) >= 11 is 0. The third-order valence-corrected chi connectivity index (χ3v) is 4.07. The molecule has 1 fully saturated rings. The number of ketones is 1. The van der Waals surface area contributed by atoms with Crippen molar-refractivity contribution in [3.63, 3.8) is 0 Å². The number of fused-ring (bicyclic) bond motifs is 1. The fourth-order valence-corrected chi connectivity index (χ4v) is 3.13. The summed E-state index contributed by atoms with van der Waals surface area (Å²) in [6, 6.07) is 5.86. The van der Waals surface area contributed by atoms with Crippen molar-refractivity contribution in [1.82, 2.24) is 0 Å². The van der Waals surface area contributed by atoms with Gasteiger partial charge in [-0.05, 0) is 56.4 Å². The Bertz CT molecular complexity index is 456. The quantitative estimate of drug-likeness (QED) is 0.690. The molecule has 1 saturated carbocycles. The van der Waals surface area contributed by atoms with E-state index in [0.29, 0.717) is 0 Å². The van der Waals surface area contributed by atoms with Crippen LogP contribution in [-0.2, 0) is 6.42 Å². The molecule has 17 heavy (non-hydrogen) atoms. The van der Waals surface area contributed by atoms with Crippen molar-refractivity contribution in [3.05, 3.63) is 29.3 Å². The minimum atomic E-state index is 0.0516. The number of carbonyl (C=O) groups is 1. The lowest BCUT2D eigenvalue weighted by atomic mass is 9.82. The monoisotopic (exact) mass is 230 g/mol. The van der Waals surface area contributed by atoms with Crippen LogP contribution in [0.3, 0.4) is 0 Å². The van der Waals surface area contributed by atoms with Crippen molar-refractivity contribution < 1.29 is 9.53 Å². The normalized spacial score (nSPS) is 21.0. The van der Waals surface area contributed by atoms with Crippen LogP contribution in [0, 0.1) is 0 Å². The van der Waals surface area contributed by atoms with Gasteiger partial charge in [0.05, 0.1) is 0 Å². The van der Waals surface area contributed by atoms with Gasteiger partial charge in [-0.3, -0.25) is 4.79 Å². The molecule has 1 aromatic rings. The molecular weight excluding hydrogens is 212 g/mol. The maximum Gasteiger partial charge on any atom is 0.159 e. The first kappa shape index (κ1) is 10.8. The number of hydrogen-bond donors (Lipinski definition) is 0. The standard InChI is InChI=1S/C15H18O2/c1-11(16)12-5-6-14-13(9-12)10-15(17-14)7-3-2-4-8-15/h5-6,9H,2-4,7-8,10H2,1H3. The predicted molar refractivity (Wildman–Crippen MR) is 66.6 cm³/mol.